The maximum absolute atomic E-state index is 12.2. The highest BCUT2D eigenvalue weighted by molar-refractivity contribution is 5.82. The Morgan fingerprint density at radius 3 is 2.44 bits per heavy atom. The van der Waals surface area contributed by atoms with E-state index in [-0.39, 0.29) is 5.63 Å². The molecule has 4 heteroatoms. The Morgan fingerprint density at radius 1 is 0.960 bits per heavy atom. The molecule has 0 fully saturated rings. The number of fused-ring (bicyclic) bond motifs is 3. The van der Waals surface area contributed by atoms with Crippen molar-refractivity contribution in [2.24, 2.45) is 0 Å². The summed E-state index contributed by atoms with van der Waals surface area (Å²) in [6, 6.07) is 13.5. The Balaban J connectivity index is 1.59. The fourth-order valence-electron chi connectivity index (χ4n) is 3.40. The molecule has 0 N–H and O–H groups in total. The van der Waals surface area contributed by atoms with Crippen molar-refractivity contribution in [1.82, 2.24) is 0 Å². The number of hydrogen-bond acceptors (Lipinski definition) is 4. The van der Waals surface area contributed by atoms with Crippen LogP contribution in [0.2, 0.25) is 0 Å². The fourth-order valence-corrected chi connectivity index (χ4v) is 3.40. The smallest absolute Gasteiger partial charge is 0.339 e. The normalized spacial score (nSPS) is 13.5. The average molecular weight is 336 g/mol. The summed E-state index contributed by atoms with van der Waals surface area (Å²) in [4.78, 5) is 12.2. The van der Waals surface area contributed by atoms with Crippen LogP contribution in [0, 0.1) is 0 Å². The first-order chi connectivity index (χ1) is 12.2. The second kappa shape index (κ2) is 6.63. The molecule has 2 aromatic carbocycles. The van der Waals surface area contributed by atoms with E-state index < -0.39 is 0 Å². The monoisotopic (exact) mass is 336 g/mol. The van der Waals surface area contributed by atoms with Gasteiger partial charge in [-0.25, -0.2) is 4.79 Å². The highest BCUT2D eigenvalue weighted by Gasteiger charge is 2.18. The Morgan fingerprint density at radius 2 is 1.68 bits per heavy atom. The molecule has 1 aliphatic rings. The predicted octanol–water partition coefficient (Wildman–Crippen LogP) is 4.26. The SMILES string of the molecule is COc1ccc(COc2ccc3c4c(c(=O)oc3c2)CCCC4)cc1. The Kier molecular flexibility index (Phi) is 4.18. The number of methoxy groups -OCH3 is 1. The lowest BCUT2D eigenvalue weighted by atomic mass is 9.91. The summed E-state index contributed by atoms with van der Waals surface area (Å²) >= 11 is 0. The van der Waals surface area contributed by atoms with Gasteiger partial charge in [-0.15, -0.1) is 0 Å². The van der Waals surface area contributed by atoms with Gasteiger partial charge < -0.3 is 13.9 Å². The van der Waals surface area contributed by atoms with Crippen LogP contribution in [0.4, 0.5) is 0 Å². The molecule has 4 nitrogen and oxygen atoms in total. The lowest BCUT2D eigenvalue weighted by molar-refractivity contribution is 0.306. The molecule has 128 valence electrons. The van der Waals surface area contributed by atoms with Gasteiger partial charge in [0.15, 0.2) is 0 Å². The summed E-state index contributed by atoms with van der Waals surface area (Å²) in [5.41, 5.74) is 3.46. The van der Waals surface area contributed by atoms with Crippen molar-refractivity contribution in [3.63, 3.8) is 0 Å². The van der Waals surface area contributed by atoms with Crippen molar-refractivity contribution >= 4 is 11.0 Å². The van der Waals surface area contributed by atoms with E-state index in [9.17, 15) is 4.79 Å². The molecule has 0 unspecified atom stereocenters. The molecule has 1 aromatic heterocycles. The Labute approximate surface area is 146 Å². The molecular formula is C21H20O4. The largest absolute Gasteiger partial charge is 0.497 e. The minimum atomic E-state index is -0.200. The number of aryl methyl sites for hydroxylation is 1. The van der Waals surface area contributed by atoms with Crippen LogP contribution in [0.1, 0.15) is 29.5 Å². The first-order valence-corrected chi connectivity index (χ1v) is 8.59. The van der Waals surface area contributed by atoms with Gasteiger partial charge in [-0.05, 0) is 61.1 Å². The van der Waals surface area contributed by atoms with E-state index >= 15 is 0 Å². The summed E-state index contributed by atoms with van der Waals surface area (Å²) < 4.78 is 16.5. The van der Waals surface area contributed by atoms with Gasteiger partial charge >= 0.3 is 5.63 Å². The zero-order valence-corrected chi connectivity index (χ0v) is 14.2. The van der Waals surface area contributed by atoms with Gasteiger partial charge in [0.05, 0.1) is 7.11 Å². The van der Waals surface area contributed by atoms with E-state index in [0.717, 1.165) is 53.5 Å². The van der Waals surface area contributed by atoms with E-state index in [0.29, 0.717) is 17.9 Å². The third-order valence-electron chi connectivity index (χ3n) is 4.76. The van der Waals surface area contributed by atoms with Gasteiger partial charge in [-0.2, -0.15) is 0 Å². The van der Waals surface area contributed by atoms with Gasteiger partial charge in [0.1, 0.15) is 23.7 Å². The summed E-state index contributed by atoms with van der Waals surface area (Å²) in [7, 11) is 1.65. The molecule has 3 aromatic rings. The van der Waals surface area contributed by atoms with E-state index in [4.69, 9.17) is 13.9 Å². The van der Waals surface area contributed by atoms with E-state index in [1.807, 2.05) is 42.5 Å². The van der Waals surface area contributed by atoms with Crippen LogP contribution in [0.5, 0.6) is 11.5 Å². The molecule has 0 spiro atoms. The van der Waals surface area contributed by atoms with Crippen molar-refractivity contribution in [1.29, 1.82) is 0 Å². The zero-order chi connectivity index (χ0) is 17.2. The van der Waals surface area contributed by atoms with E-state index in [2.05, 4.69) is 0 Å². The standard InChI is InChI=1S/C21H20O4/c1-23-15-8-6-14(7-9-15)13-24-16-10-11-18-17-4-2-3-5-19(17)21(22)25-20(18)12-16/h6-12H,2-5,13H2,1H3. The third kappa shape index (κ3) is 3.12. The second-order valence-electron chi connectivity index (χ2n) is 6.35. The molecule has 0 atom stereocenters. The van der Waals surface area contributed by atoms with Gasteiger partial charge in [0.2, 0.25) is 0 Å². The van der Waals surface area contributed by atoms with Gasteiger partial charge in [0.25, 0.3) is 0 Å². The molecule has 0 bridgehead atoms. The topological polar surface area (TPSA) is 48.7 Å². The second-order valence-corrected chi connectivity index (χ2v) is 6.35. The average Bonchev–Trinajstić information content (AvgIpc) is 2.67. The molecule has 25 heavy (non-hydrogen) atoms. The zero-order valence-electron chi connectivity index (χ0n) is 14.2. The molecular weight excluding hydrogens is 316 g/mol. The van der Waals surface area contributed by atoms with Crippen molar-refractivity contribution in [2.75, 3.05) is 7.11 Å². The van der Waals surface area contributed by atoms with Crippen LogP contribution < -0.4 is 15.1 Å². The molecule has 0 saturated heterocycles. The minimum absolute atomic E-state index is 0.200. The first-order valence-electron chi connectivity index (χ1n) is 8.59. The molecule has 0 radical (unpaired) electrons. The van der Waals surface area contributed by atoms with Gasteiger partial charge in [0, 0.05) is 17.0 Å². The van der Waals surface area contributed by atoms with E-state index in [1.165, 1.54) is 0 Å². The molecule has 4 rings (SSSR count). The van der Waals surface area contributed by atoms with Crippen LogP contribution in [0.25, 0.3) is 11.0 Å². The van der Waals surface area contributed by atoms with Crippen LogP contribution in [-0.2, 0) is 19.4 Å². The van der Waals surface area contributed by atoms with Crippen molar-refractivity contribution in [2.45, 2.75) is 32.3 Å². The van der Waals surface area contributed by atoms with Gasteiger partial charge in [-0.1, -0.05) is 12.1 Å². The Bertz CT molecular complexity index is 954. The molecule has 1 aliphatic carbocycles. The molecule has 1 heterocycles. The van der Waals surface area contributed by atoms with Crippen molar-refractivity contribution < 1.29 is 13.9 Å². The summed E-state index contributed by atoms with van der Waals surface area (Å²) in [5, 5.41) is 1.03. The van der Waals surface area contributed by atoms with Crippen LogP contribution >= 0.6 is 0 Å². The summed E-state index contributed by atoms with van der Waals surface area (Å²) in [5.74, 6) is 1.52. The third-order valence-corrected chi connectivity index (χ3v) is 4.76. The highest BCUT2D eigenvalue weighted by Crippen LogP contribution is 2.29. The van der Waals surface area contributed by atoms with Crippen molar-refractivity contribution in [3.05, 3.63) is 69.6 Å². The van der Waals surface area contributed by atoms with Gasteiger partial charge in [-0.3, -0.25) is 0 Å². The maximum Gasteiger partial charge on any atom is 0.339 e. The number of rotatable bonds is 4. The molecule has 0 aliphatic heterocycles. The number of hydrogen-bond donors (Lipinski definition) is 0. The quantitative estimate of drug-likeness (QED) is 0.668. The first kappa shape index (κ1) is 15.8. The van der Waals surface area contributed by atoms with Crippen LogP contribution in [0.3, 0.4) is 0 Å². The lowest BCUT2D eigenvalue weighted by Gasteiger charge is -2.16. The highest BCUT2D eigenvalue weighted by atomic mass is 16.5. The summed E-state index contributed by atoms with van der Waals surface area (Å²) in [6.45, 7) is 0.449. The number of benzene rings is 2. The molecule has 0 amide bonds. The lowest BCUT2D eigenvalue weighted by Crippen LogP contribution is -2.15. The van der Waals surface area contributed by atoms with Crippen LogP contribution in [0.15, 0.2) is 51.7 Å². The minimum Gasteiger partial charge on any atom is -0.497 e. The van der Waals surface area contributed by atoms with E-state index in [1.54, 1.807) is 7.11 Å². The molecule has 0 saturated carbocycles. The van der Waals surface area contributed by atoms with Crippen molar-refractivity contribution in [3.8, 4) is 11.5 Å². The Hall–Kier alpha value is -2.75. The van der Waals surface area contributed by atoms with Crippen LogP contribution in [-0.4, -0.2) is 7.11 Å². The maximum atomic E-state index is 12.2. The predicted molar refractivity (Wildman–Crippen MR) is 96.5 cm³/mol. The number of ether oxygens (including phenoxy) is 2. The fraction of sp³-hybridized carbons (Fsp3) is 0.286. The summed E-state index contributed by atoms with van der Waals surface area (Å²) in [6.07, 6.45) is 3.96.